The summed E-state index contributed by atoms with van der Waals surface area (Å²) in [4.78, 5) is 17.4. The van der Waals surface area contributed by atoms with Crippen LogP contribution in [0, 0.1) is 18.8 Å². The molecule has 0 amide bonds. The number of nitrogens with zero attached hydrogens (tertiary/aromatic N) is 3. The second kappa shape index (κ2) is 9.69. The van der Waals surface area contributed by atoms with Gasteiger partial charge in [0.25, 0.3) is 0 Å². The van der Waals surface area contributed by atoms with Crippen LogP contribution in [0.1, 0.15) is 39.0 Å². The number of thiazole rings is 1. The van der Waals surface area contributed by atoms with Gasteiger partial charge in [0.2, 0.25) is 5.96 Å². The number of aryl methyl sites for hydroxylation is 1. The van der Waals surface area contributed by atoms with Crippen LogP contribution in [0.4, 0.5) is 0 Å². The van der Waals surface area contributed by atoms with Crippen LogP contribution in [-0.2, 0) is 4.74 Å². The van der Waals surface area contributed by atoms with Gasteiger partial charge in [0, 0.05) is 16.7 Å². The van der Waals surface area contributed by atoms with Crippen molar-refractivity contribution in [2.24, 2.45) is 21.7 Å². The average molecular weight is 432 g/mol. The van der Waals surface area contributed by atoms with Gasteiger partial charge >= 0.3 is 5.97 Å². The molecule has 156 valence electrons. The Labute approximate surface area is 184 Å². The van der Waals surface area contributed by atoms with Crippen molar-refractivity contribution in [2.75, 3.05) is 7.11 Å². The van der Waals surface area contributed by atoms with Crippen LogP contribution in [0.25, 0.3) is 10.6 Å². The summed E-state index contributed by atoms with van der Waals surface area (Å²) >= 11 is 1.52. The number of aromatic nitrogens is 1. The molecule has 0 saturated heterocycles. The van der Waals surface area contributed by atoms with E-state index in [2.05, 4.69) is 27.0 Å². The van der Waals surface area contributed by atoms with Crippen molar-refractivity contribution in [1.29, 1.82) is 0 Å². The summed E-state index contributed by atoms with van der Waals surface area (Å²) in [6.07, 6.45) is 0. The van der Waals surface area contributed by atoms with Crippen molar-refractivity contribution in [2.45, 2.75) is 13.8 Å². The molecule has 0 aliphatic rings. The highest BCUT2D eigenvalue weighted by Crippen LogP contribution is 2.28. The largest absolute Gasteiger partial charge is 0.465 e. The van der Waals surface area contributed by atoms with Crippen LogP contribution in [0.2, 0.25) is 0 Å². The molecule has 2 aromatic carbocycles. The first kappa shape index (κ1) is 21.7. The molecule has 3 aromatic rings. The van der Waals surface area contributed by atoms with Gasteiger partial charge in [-0.05, 0) is 38.1 Å². The highest BCUT2D eigenvalue weighted by Gasteiger charge is 2.12. The van der Waals surface area contributed by atoms with Crippen LogP contribution in [0.3, 0.4) is 0 Å². The second-order valence-corrected chi connectivity index (χ2v) is 7.51. The molecule has 8 heteroatoms. The summed E-state index contributed by atoms with van der Waals surface area (Å²) in [5.41, 5.74) is 15.1. The Morgan fingerprint density at radius 3 is 2.45 bits per heavy atom. The summed E-state index contributed by atoms with van der Waals surface area (Å²) in [6.45, 7) is 3.75. The zero-order chi connectivity index (χ0) is 22.4. The van der Waals surface area contributed by atoms with Crippen molar-refractivity contribution in [1.82, 2.24) is 4.98 Å². The summed E-state index contributed by atoms with van der Waals surface area (Å²) in [5, 5.41) is 8.59. The van der Waals surface area contributed by atoms with Crippen molar-refractivity contribution < 1.29 is 9.53 Å². The van der Waals surface area contributed by atoms with E-state index in [1.165, 1.54) is 18.4 Å². The summed E-state index contributed by atoms with van der Waals surface area (Å²) in [5.74, 6) is 5.63. The Morgan fingerprint density at radius 1 is 1.06 bits per heavy atom. The lowest BCUT2D eigenvalue weighted by molar-refractivity contribution is 0.0600. The van der Waals surface area contributed by atoms with E-state index in [-0.39, 0.29) is 5.96 Å². The van der Waals surface area contributed by atoms with E-state index in [9.17, 15) is 4.79 Å². The van der Waals surface area contributed by atoms with Crippen LogP contribution >= 0.6 is 11.3 Å². The summed E-state index contributed by atoms with van der Waals surface area (Å²) in [7, 11) is 1.35. The third-order valence-electron chi connectivity index (χ3n) is 4.25. The molecule has 0 aliphatic carbocycles. The minimum Gasteiger partial charge on any atom is -0.465 e. The fourth-order valence-electron chi connectivity index (χ4n) is 2.75. The lowest BCUT2D eigenvalue weighted by Crippen LogP contribution is -2.22. The maximum absolute atomic E-state index is 11.9. The number of carbonyl (C=O) groups is 1. The fourth-order valence-corrected chi connectivity index (χ4v) is 3.76. The third-order valence-corrected chi connectivity index (χ3v) is 5.56. The first-order chi connectivity index (χ1) is 14.9. The third kappa shape index (κ3) is 5.35. The Hall–Kier alpha value is -3.96. The minimum absolute atomic E-state index is 0.0901. The lowest BCUT2D eigenvalue weighted by atomic mass is 10.1. The second-order valence-electron chi connectivity index (χ2n) is 6.51. The first-order valence-electron chi connectivity index (χ1n) is 9.30. The standard InChI is InChI=1S/C23H21N5O2S/c1-14-20(15(2)27-28-23(24)25)31-21(26-14)18-12-9-16(10-13-18)8-11-17-6-4-5-7-19(17)22(29)30-3/h4-7,9-10,12-13H,1-3H3,(H4,24,25,28)/b27-15+. The normalized spacial score (nSPS) is 10.7. The highest BCUT2D eigenvalue weighted by molar-refractivity contribution is 7.17. The molecule has 1 heterocycles. The van der Waals surface area contributed by atoms with E-state index in [1.54, 1.807) is 18.2 Å². The van der Waals surface area contributed by atoms with Gasteiger partial charge in [-0.3, -0.25) is 0 Å². The van der Waals surface area contributed by atoms with Crippen LogP contribution < -0.4 is 11.5 Å². The topological polar surface area (TPSA) is 116 Å². The predicted molar refractivity (Wildman–Crippen MR) is 124 cm³/mol. The number of benzene rings is 2. The van der Waals surface area contributed by atoms with E-state index >= 15 is 0 Å². The maximum Gasteiger partial charge on any atom is 0.339 e. The number of hydrogen-bond acceptors (Lipinski definition) is 6. The van der Waals surface area contributed by atoms with Gasteiger partial charge in [-0.15, -0.1) is 16.4 Å². The molecule has 0 radical (unpaired) electrons. The molecule has 3 rings (SSSR count). The molecule has 4 N–H and O–H groups in total. The van der Waals surface area contributed by atoms with Gasteiger partial charge in [0.1, 0.15) is 5.01 Å². The molecule has 0 aliphatic heterocycles. The van der Waals surface area contributed by atoms with Crippen LogP contribution in [-0.4, -0.2) is 29.7 Å². The molecule has 31 heavy (non-hydrogen) atoms. The maximum atomic E-state index is 11.9. The molecule has 1 aromatic heterocycles. The number of nitrogens with two attached hydrogens (primary N) is 2. The smallest absolute Gasteiger partial charge is 0.339 e. The molecule has 0 spiro atoms. The van der Waals surface area contributed by atoms with Gasteiger partial charge in [-0.2, -0.15) is 5.10 Å². The molecule has 0 bridgehead atoms. The van der Waals surface area contributed by atoms with Crippen molar-refractivity contribution in [3.05, 3.63) is 75.8 Å². The number of hydrogen-bond donors (Lipinski definition) is 2. The number of guanidine groups is 1. The monoisotopic (exact) mass is 431 g/mol. The van der Waals surface area contributed by atoms with E-state index in [0.29, 0.717) is 16.8 Å². The summed E-state index contributed by atoms with van der Waals surface area (Å²) < 4.78 is 4.81. The molecular weight excluding hydrogens is 410 g/mol. The van der Waals surface area contributed by atoms with Gasteiger partial charge in [-0.25, -0.2) is 9.78 Å². The quantitative estimate of drug-likeness (QED) is 0.216. The summed E-state index contributed by atoms with van der Waals surface area (Å²) in [6, 6.07) is 14.8. The van der Waals surface area contributed by atoms with E-state index in [0.717, 1.165) is 26.7 Å². The van der Waals surface area contributed by atoms with Crippen LogP contribution in [0.15, 0.2) is 58.7 Å². The molecular formula is C23H21N5O2S. The van der Waals surface area contributed by atoms with Gasteiger partial charge in [0.15, 0.2) is 0 Å². The van der Waals surface area contributed by atoms with E-state index in [4.69, 9.17) is 16.2 Å². The fraction of sp³-hybridized carbons (Fsp3) is 0.130. The Bertz CT molecular complexity index is 1230. The van der Waals surface area contributed by atoms with Crippen molar-refractivity contribution in [3.8, 4) is 22.4 Å². The molecule has 0 atom stereocenters. The van der Waals surface area contributed by atoms with E-state index in [1.807, 2.05) is 44.2 Å². The van der Waals surface area contributed by atoms with Gasteiger partial charge < -0.3 is 16.2 Å². The number of rotatable bonds is 4. The lowest BCUT2D eigenvalue weighted by Gasteiger charge is -2.01. The van der Waals surface area contributed by atoms with Gasteiger partial charge in [-0.1, -0.05) is 36.1 Å². The number of carbonyl (C=O) groups excluding carboxylic acids is 1. The zero-order valence-corrected chi connectivity index (χ0v) is 18.2. The van der Waals surface area contributed by atoms with Gasteiger partial charge in [0.05, 0.1) is 29.0 Å². The minimum atomic E-state index is -0.408. The number of esters is 1. The van der Waals surface area contributed by atoms with Crippen molar-refractivity contribution in [3.63, 3.8) is 0 Å². The molecule has 0 fully saturated rings. The Kier molecular flexibility index (Phi) is 6.80. The highest BCUT2D eigenvalue weighted by atomic mass is 32.1. The van der Waals surface area contributed by atoms with Crippen LogP contribution in [0.5, 0.6) is 0 Å². The Morgan fingerprint density at radius 2 is 1.77 bits per heavy atom. The predicted octanol–water partition coefficient (Wildman–Crippen LogP) is 3.30. The first-order valence-corrected chi connectivity index (χ1v) is 10.1. The molecule has 7 nitrogen and oxygen atoms in total. The number of methoxy groups -OCH3 is 1. The zero-order valence-electron chi connectivity index (χ0n) is 17.3. The van der Waals surface area contributed by atoms with Crippen molar-refractivity contribution >= 4 is 29.0 Å². The number of ether oxygens (including phenoxy) is 1. The average Bonchev–Trinajstić information content (AvgIpc) is 3.17. The SMILES string of the molecule is COC(=O)c1ccccc1C#Cc1ccc(-c2nc(C)c(/C(C)=N/N=C(N)N)s2)cc1. The molecule has 0 unspecified atom stereocenters. The molecule has 0 saturated carbocycles. The Balaban J connectivity index is 1.84. The van der Waals surface area contributed by atoms with E-state index < -0.39 is 5.97 Å².